The van der Waals surface area contributed by atoms with Gasteiger partial charge in [0, 0.05) is 5.69 Å². The number of fused-ring (bicyclic) bond motifs is 12. The van der Waals surface area contributed by atoms with Crippen molar-refractivity contribution in [2.24, 2.45) is 0 Å². The number of aromatic nitrogens is 2. The van der Waals surface area contributed by atoms with E-state index < -0.39 is 0 Å². The molecule has 2 aliphatic carbocycles. The number of rotatable bonds is 2. The van der Waals surface area contributed by atoms with Gasteiger partial charge in [-0.3, -0.25) is 4.57 Å². The SMILES string of the molecule is Cc1nc2cccc3c2n1-c1ccc(-c2ccc4c(c2)C2(c5ccccc5-c5ccccc52)c2ccccc2-4)cc1N3c1ccccc1. The summed E-state index contributed by atoms with van der Waals surface area (Å²) in [6.07, 6.45) is 0. The highest BCUT2D eigenvalue weighted by Gasteiger charge is 2.51. The van der Waals surface area contributed by atoms with Crippen molar-refractivity contribution in [3.8, 4) is 39.1 Å². The van der Waals surface area contributed by atoms with Crippen LogP contribution in [-0.2, 0) is 5.41 Å². The van der Waals surface area contributed by atoms with Crippen LogP contribution in [0.1, 0.15) is 28.1 Å². The third-order valence-electron chi connectivity index (χ3n) is 10.9. The fraction of sp³-hybridized carbons (Fsp3) is 0.0444. The number of hydrogen-bond acceptors (Lipinski definition) is 2. The second kappa shape index (κ2) is 9.21. The Morgan fingerprint density at radius 1 is 0.458 bits per heavy atom. The van der Waals surface area contributed by atoms with Crippen molar-refractivity contribution in [2.45, 2.75) is 12.3 Å². The number of anilines is 3. The zero-order valence-electron chi connectivity index (χ0n) is 26.4. The van der Waals surface area contributed by atoms with E-state index in [0.717, 1.165) is 39.6 Å². The summed E-state index contributed by atoms with van der Waals surface area (Å²) in [6, 6.07) is 58.3. The summed E-state index contributed by atoms with van der Waals surface area (Å²) in [4.78, 5) is 7.36. The fourth-order valence-electron chi connectivity index (χ4n) is 9.03. The molecule has 224 valence electrons. The number of nitrogens with zero attached hydrogens (tertiary/aromatic N) is 3. The lowest BCUT2D eigenvalue weighted by Crippen LogP contribution is -2.25. The molecule has 0 amide bonds. The van der Waals surface area contributed by atoms with Crippen molar-refractivity contribution in [2.75, 3.05) is 4.90 Å². The van der Waals surface area contributed by atoms with E-state index in [2.05, 4.69) is 174 Å². The summed E-state index contributed by atoms with van der Waals surface area (Å²) in [7, 11) is 0. The number of para-hydroxylation sites is 2. The molecule has 3 aliphatic rings. The Labute approximate surface area is 279 Å². The molecule has 2 heterocycles. The van der Waals surface area contributed by atoms with Gasteiger partial charge in [-0.15, -0.1) is 0 Å². The quantitative estimate of drug-likeness (QED) is 0.194. The maximum Gasteiger partial charge on any atom is 0.111 e. The first kappa shape index (κ1) is 25.9. The fourth-order valence-corrected chi connectivity index (χ4v) is 9.03. The van der Waals surface area contributed by atoms with Crippen molar-refractivity contribution in [3.05, 3.63) is 186 Å². The molecule has 1 aliphatic heterocycles. The highest BCUT2D eigenvalue weighted by Crippen LogP contribution is 2.63. The summed E-state index contributed by atoms with van der Waals surface area (Å²) in [5.74, 6) is 0.995. The van der Waals surface area contributed by atoms with E-state index in [1.54, 1.807) is 0 Å². The zero-order chi connectivity index (χ0) is 31.6. The maximum atomic E-state index is 4.97. The van der Waals surface area contributed by atoms with Crippen molar-refractivity contribution in [3.63, 3.8) is 0 Å². The lowest BCUT2D eigenvalue weighted by Gasteiger charge is -2.33. The van der Waals surface area contributed by atoms with Crippen LogP contribution in [0, 0.1) is 6.92 Å². The number of benzene rings is 7. The van der Waals surface area contributed by atoms with Gasteiger partial charge in [-0.1, -0.05) is 115 Å². The van der Waals surface area contributed by atoms with E-state index in [0.29, 0.717) is 0 Å². The smallest absolute Gasteiger partial charge is 0.111 e. The first-order valence-corrected chi connectivity index (χ1v) is 16.7. The molecule has 1 aromatic heterocycles. The van der Waals surface area contributed by atoms with Crippen molar-refractivity contribution in [1.29, 1.82) is 0 Å². The molecule has 48 heavy (non-hydrogen) atoms. The van der Waals surface area contributed by atoms with E-state index in [1.807, 2.05) is 0 Å². The summed E-state index contributed by atoms with van der Waals surface area (Å²) in [6.45, 7) is 2.11. The van der Waals surface area contributed by atoms with Crippen molar-refractivity contribution >= 4 is 28.1 Å². The summed E-state index contributed by atoms with van der Waals surface area (Å²) >= 11 is 0. The van der Waals surface area contributed by atoms with E-state index in [9.17, 15) is 0 Å². The topological polar surface area (TPSA) is 21.1 Å². The molecule has 1 spiro atoms. The van der Waals surface area contributed by atoms with E-state index in [-0.39, 0.29) is 5.41 Å². The van der Waals surface area contributed by atoms with Crippen LogP contribution < -0.4 is 4.90 Å². The van der Waals surface area contributed by atoms with Crippen LogP contribution in [0.15, 0.2) is 158 Å². The van der Waals surface area contributed by atoms with Crippen LogP contribution in [0.25, 0.3) is 50.1 Å². The molecular weight excluding hydrogens is 583 g/mol. The maximum absolute atomic E-state index is 4.97. The van der Waals surface area contributed by atoms with Crippen LogP contribution in [0.4, 0.5) is 17.1 Å². The zero-order valence-corrected chi connectivity index (χ0v) is 26.4. The Hall–Kier alpha value is -6.19. The molecule has 0 fully saturated rings. The van der Waals surface area contributed by atoms with Gasteiger partial charge in [0.1, 0.15) is 5.82 Å². The number of hydrogen-bond donors (Lipinski definition) is 0. The minimum atomic E-state index is -0.363. The third kappa shape index (κ3) is 3.11. The number of imidazole rings is 1. The van der Waals surface area contributed by atoms with Gasteiger partial charge in [0.05, 0.1) is 33.5 Å². The molecule has 11 rings (SSSR count). The van der Waals surface area contributed by atoms with E-state index >= 15 is 0 Å². The van der Waals surface area contributed by atoms with Crippen LogP contribution in [-0.4, -0.2) is 9.55 Å². The van der Waals surface area contributed by atoms with Gasteiger partial charge >= 0.3 is 0 Å². The second-order valence-electron chi connectivity index (χ2n) is 13.2. The summed E-state index contributed by atoms with van der Waals surface area (Å²) in [5.41, 5.74) is 19.5. The monoisotopic (exact) mass is 611 g/mol. The minimum Gasteiger partial charge on any atom is -0.306 e. The van der Waals surface area contributed by atoms with Gasteiger partial charge in [-0.05, 0) is 105 Å². The Balaban J connectivity index is 1.17. The lowest BCUT2D eigenvalue weighted by molar-refractivity contribution is 0.794. The Bertz CT molecular complexity index is 2580. The number of aryl methyl sites for hydroxylation is 1. The predicted octanol–water partition coefficient (Wildman–Crippen LogP) is 11.1. The van der Waals surface area contributed by atoms with Crippen LogP contribution in [0.3, 0.4) is 0 Å². The van der Waals surface area contributed by atoms with Crippen LogP contribution in [0.5, 0.6) is 0 Å². The first-order valence-electron chi connectivity index (χ1n) is 16.7. The Morgan fingerprint density at radius 2 is 1.04 bits per heavy atom. The molecule has 0 N–H and O–H groups in total. The predicted molar refractivity (Wildman–Crippen MR) is 196 cm³/mol. The molecule has 0 atom stereocenters. The van der Waals surface area contributed by atoms with Gasteiger partial charge in [0.25, 0.3) is 0 Å². The van der Waals surface area contributed by atoms with Gasteiger partial charge < -0.3 is 4.90 Å². The molecule has 0 bridgehead atoms. The molecule has 0 unspecified atom stereocenters. The standard InChI is InChI=1S/C45H29N3/c1-28-46-40-20-11-21-42-44(40)47(28)41-25-23-30(27-43(41)48(42)31-12-3-2-4-13-31)29-22-24-35-34-16-7-10-19-38(34)45(39(35)26-29)36-17-8-5-14-32(36)33-15-6-9-18-37(33)45/h2-27H,1H3. The molecule has 8 aromatic rings. The van der Waals surface area contributed by atoms with Gasteiger partial charge in [-0.25, -0.2) is 4.98 Å². The largest absolute Gasteiger partial charge is 0.306 e. The third-order valence-corrected chi connectivity index (χ3v) is 10.9. The van der Waals surface area contributed by atoms with Crippen LogP contribution in [0.2, 0.25) is 0 Å². The molecule has 0 radical (unpaired) electrons. The molecule has 3 heteroatoms. The lowest BCUT2D eigenvalue weighted by atomic mass is 9.70. The summed E-state index contributed by atoms with van der Waals surface area (Å²) < 4.78 is 2.32. The minimum absolute atomic E-state index is 0.363. The van der Waals surface area contributed by atoms with E-state index in [4.69, 9.17) is 4.98 Å². The van der Waals surface area contributed by atoms with Crippen molar-refractivity contribution < 1.29 is 0 Å². The molecule has 3 nitrogen and oxygen atoms in total. The normalized spacial score (nSPS) is 14.1. The summed E-state index contributed by atoms with van der Waals surface area (Å²) in [5, 5.41) is 0. The first-order chi connectivity index (χ1) is 23.7. The van der Waals surface area contributed by atoms with Crippen molar-refractivity contribution in [1.82, 2.24) is 9.55 Å². The highest BCUT2D eigenvalue weighted by molar-refractivity contribution is 6.02. The molecule has 0 saturated heterocycles. The average molecular weight is 612 g/mol. The van der Waals surface area contributed by atoms with E-state index in [1.165, 1.54) is 55.6 Å². The Kier molecular flexibility index (Phi) is 4.98. The molecular formula is C45H29N3. The Morgan fingerprint density at radius 3 is 1.73 bits per heavy atom. The van der Waals surface area contributed by atoms with Crippen LogP contribution >= 0.6 is 0 Å². The average Bonchev–Trinajstić information content (AvgIpc) is 3.75. The second-order valence-corrected chi connectivity index (χ2v) is 13.2. The molecule has 0 saturated carbocycles. The molecule has 7 aromatic carbocycles. The highest BCUT2D eigenvalue weighted by atomic mass is 15.2. The van der Waals surface area contributed by atoms with Gasteiger partial charge in [0.15, 0.2) is 0 Å². The van der Waals surface area contributed by atoms with Gasteiger partial charge in [-0.2, -0.15) is 0 Å². The van der Waals surface area contributed by atoms with Gasteiger partial charge in [0.2, 0.25) is 0 Å².